The van der Waals surface area contributed by atoms with E-state index in [1.54, 1.807) is 45.3 Å². The van der Waals surface area contributed by atoms with Crippen LogP contribution in [-0.2, 0) is 9.84 Å². The molecule has 5 heterocycles. The van der Waals surface area contributed by atoms with E-state index in [0.29, 0.717) is 60.4 Å². The van der Waals surface area contributed by atoms with Gasteiger partial charge in [0.1, 0.15) is 35.6 Å². The topological polar surface area (TPSA) is 187 Å². The number of ether oxygens (including phenoxy) is 2. The first-order valence-electron chi connectivity index (χ1n) is 17.8. The van der Waals surface area contributed by atoms with Crippen molar-refractivity contribution in [3.63, 3.8) is 0 Å². The van der Waals surface area contributed by atoms with Gasteiger partial charge in [-0.25, -0.2) is 28.4 Å². The number of aryl methyl sites for hydroxylation is 1. The molecule has 0 amide bonds. The fourth-order valence-corrected chi connectivity index (χ4v) is 7.55. The summed E-state index contributed by atoms with van der Waals surface area (Å²) < 4.78 is 38.6. The van der Waals surface area contributed by atoms with Crippen molar-refractivity contribution in [3.8, 4) is 11.5 Å². The molecule has 52 heavy (non-hydrogen) atoms. The van der Waals surface area contributed by atoms with E-state index in [4.69, 9.17) is 9.47 Å². The van der Waals surface area contributed by atoms with Crippen LogP contribution in [0.25, 0.3) is 10.9 Å². The molecule has 4 aromatic rings. The van der Waals surface area contributed by atoms with Crippen LogP contribution in [0.15, 0.2) is 35.7 Å². The van der Waals surface area contributed by atoms with E-state index >= 15 is 0 Å². The van der Waals surface area contributed by atoms with Crippen LogP contribution in [0.3, 0.4) is 0 Å². The quantitative estimate of drug-likeness (QED) is 0.147. The van der Waals surface area contributed by atoms with E-state index in [-0.39, 0.29) is 16.7 Å². The lowest BCUT2D eigenvalue weighted by Crippen LogP contribution is -2.57. The second-order valence-corrected chi connectivity index (χ2v) is 17.1. The molecule has 2 aliphatic heterocycles. The largest absolute Gasteiger partial charge is 0.492 e. The van der Waals surface area contributed by atoms with Crippen molar-refractivity contribution < 1.29 is 23.0 Å². The van der Waals surface area contributed by atoms with Crippen LogP contribution in [0.2, 0.25) is 0 Å². The van der Waals surface area contributed by atoms with Gasteiger partial charge in [-0.3, -0.25) is 14.9 Å². The molecule has 0 saturated carbocycles. The summed E-state index contributed by atoms with van der Waals surface area (Å²) in [7, 11) is -3.78. The Morgan fingerprint density at radius 3 is 2.40 bits per heavy atom. The molecule has 282 valence electrons. The summed E-state index contributed by atoms with van der Waals surface area (Å²) in [5, 5.41) is 24.6. The molecule has 0 bridgehead atoms. The number of piperazine rings is 2. The molecule has 0 radical (unpaired) electrons. The number of nitrogens with zero attached hydrogens (tertiary/aromatic N) is 8. The van der Waals surface area contributed by atoms with Gasteiger partial charge >= 0.3 is 0 Å². The van der Waals surface area contributed by atoms with Gasteiger partial charge in [-0.2, -0.15) is 5.10 Å². The Balaban J connectivity index is 1.02. The first-order valence-corrected chi connectivity index (χ1v) is 19.3. The highest BCUT2D eigenvalue weighted by Gasteiger charge is 2.34. The number of nitrogens with one attached hydrogen (secondary N) is 3. The van der Waals surface area contributed by atoms with E-state index in [0.717, 1.165) is 57.1 Å². The maximum absolute atomic E-state index is 13.8. The van der Waals surface area contributed by atoms with Gasteiger partial charge in [-0.1, -0.05) is 0 Å². The maximum Gasteiger partial charge on any atom is 0.225 e. The third-order valence-electron chi connectivity index (χ3n) is 9.77. The van der Waals surface area contributed by atoms with Crippen LogP contribution < -0.4 is 25.0 Å². The minimum atomic E-state index is -3.78. The summed E-state index contributed by atoms with van der Waals surface area (Å²) in [6.45, 7) is 18.0. The highest BCUT2D eigenvalue weighted by molar-refractivity contribution is 7.92. The number of aliphatic hydroxyl groups excluding tert-OH is 1. The number of hydrogen-bond donors (Lipinski definition) is 4. The average molecular weight is 738 g/mol. The first-order chi connectivity index (χ1) is 24.8. The standard InChI is InChI=1S/C35H51N11O5S/c1-23-24(2)42-43-31(23)41-32-27-18-30(52(48,49)35(4,5)6)29(19-28(27)39-22-40-32)51-16-7-9-44-11-13-46(14-12-44)34-37-20-26(21-38-34)50-17-15-45-10-8-36-25(3)33(45)47/h18-22,25,33,36,47H,7-17H2,1-6H3,(H2,39,40,41,42,43)/t25-,33?/m1/s1. The third kappa shape index (κ3) is 8.39. The summed E-state index contributed by atoms with van der Waals surface area (Å²) in [4.78, 5) is 24.6. The van der Waals surface area contributed by atoms with Crippen LogP contribution in [0.1, 0.15) is 45.4 Å². The number of aliphatic hydroxyl groups is 1. The maximum atomic E-state index is 13.8. The molecule has 4 N–H and O–H groups in total. The number of H-pyrrole nitrogens is 1. The SMILES string of the molecule is Cc1[nH]nc(Nc2ncnc3cc(OCCCN4CCN(c5ncc(OCCN6CCN[C@H](C)C6O)cn5)CC4)c(S(=O)(=O)C(C)(C)C)cc23)c1C. The highest BCUT2D eigenvalue weighted by Crippen LogP contribution is 2.37. The number of sulfone groups is 1. The van der Waals surface area contributed by atoms with E-state index in [2.05, 4.69) is 50.6 Å². The van der Waals surface area contributed by atoms with Crippen molar-refractivity contribution >= 4 is 38.3 Å². The zero-order valence-electron chi connectivity index (χ0n) is 30.9. The van der Waals surface area contributed by atoms with E-state index in [9.17, 15) is 13.5 Å². The molecule has 1 aromatic carbocycles. The fraction of sp³-hybridized carbons (Fsp3) is 0.571. The minimum absolute atomic E-state index is 0.0322. The molecule has 1 unspecified atom stereocenters. The molecule has 3 aromatic heterocycles. The summed E-state index contributed by atoms with van der Waals surface area (Å²) in [5.74, 6) is 2.63. The zero-order valence-corrected chi connectivity index (χ0v) is 31.7. The zero-order chi connectivity index (χ0) is 37.0. The monoisotopic (exact) mass is 737 g/mol. The van der Waals surface area contributed by atoms with Crippen LogP contribution in [0.5, 0.6) is 11.5 Å². The molecule has 16 nitrogen and oxygen atoms in total. The van der Waals surface area contributed by atoms with Gasteiger partial charge in [0, 0.05) is 81.1 Å². The van der Waals surface area contributed by atoms with Gasteiger partial charge in [0.2, 0.25) is 5.95 Å². The molecule has 2 fully saturated rings. The van der Waals surface area contributed by atoms with Crippen molar-refractivity contribution in [1.82, 2.24) is 45.2 Å². The second kappa shape index (κ2) is 15.8. The molecule has 0 spiro atoms. The summed E-state index contributed by atoms with van der Waals surface area (Å²) in [5.41, 5.74) is 2.43. The number of anilines is 3. The Morgan fingerprint density at radius 1 is 0.962 bits per heavy atom. The minimum Gasteiger partial charge on any atom is -0.492 e. The Hall–Kier alpha value is -4.16. The summed E-state index contributed by atoms with van der Waals surface area (Å²) >= 11 is 0. The Labute approximate surface area is 305 Å². The Kier molecular flexibility index (Phi) is 11.4. The predicted octanol–water partition coefficient (Wildman–Crippen LogP) is 2.66. The predicted molar refractivity (Wildman–Crippen MR) is 199 cm³/mol. The summed E-state index contributed by atoms with van der Waals surface area (Å²) in [6.07, 6.45) is 5.04. The second-order valence-electron chi connectivity index (χ2n) is 14.4. The smallest absolute Gasteiger partial charge is 0.225 e. The van der Waals surface area contributed by atoms with Crippen LogP contribution in [0.4, 0.5) is 17.6 Å². The normalized spacial score (nSPS) is 19.2. The molecular weight excluding hydrogens is 687 g/mol. The Bertz CT molecular complexity index is 1930. The summed E-state index contributed by atoms with van der Waals surface area (Å²) in [6, 6.07) is 3.34. The third-order valence-corrected chi connectivity index (χ3v) is 12.3. The van der Waals surface area contributed by atoms with Gasteiger partial charge in [0.25, 0.3) is 0 Å². The average Bonchev–Trinajstić information content (AvgIpc) is 3.44. The number of aromatic amines is 1. The molecule has 0 aliphatic carbocycles. The molecule has 2 saturated heterocycles. The van der Waals surface area contributed by atoms with Crippen LogP contribution in [0, 0.1) is 13.8 Å². The van der Waals surface area contributed by atoms with Crippen molar-refractivity contribution in [2.75, 3.05) is 75.8 Å². The van der Waals surface area contributed by atoms with Crippen LogP contribution >= 0.6 is 0 Å². The lowest BCUT2D eigenvalue weighted by molar-refractivity contribution is -0.0445. The van der Waals surface area contributed by atoms with Crippen molar-refractivity contribution in [2.45, 2.75) is 69.9 Å². The van der Waals surface area contributed by atoms with Gasteiger partial charge in [0.05, 0.1) is 29.3 Å². The number of benzene rings is 1. The van der Waals surface area contributed by atoms with E-state index in [1.165, 1.54) is 6.33 Å². The number of aromatic nitrogens is 6. The van der Waals surface area contributed by atoms with Crippen molar-refractivity contribution in [2.24, 2.45) is 0 Å². The van der Waals surface area contributed by atoms with Gasteiger partial charge < -0.3 is 30.1 Å². The molecule has 2 atom stereocenters. The van der Waals surface area contributed by atoms with Crippen molar-refractivity contribution in [3.05, 3.63) is 42.1 Å². The van der Waals surface area contributed by atoms with Gasteiger partial charge in [-0.15, -0.1) is 0 Å². The highest BCUT2D eigenvalue weighted by atomic mass is 32.2. The van der Waals surface area contributed by atoms with Crippen LogP contribution in [-0.4, -0.2) is 136 Å². The van der Waals surface area contributed by atoms with E-state index in [1.807, 2.05) is 25.7 Å². The van der Waals surface area contributed by atoms with Gasteiger partial charge in [0.15, 0.2) is 21.4 Å². The number of rotatable bonds is 13. The lowest BCUT2D eigenvalue weighted by Gasteiger charge is -2.37. The fourth-order valence-electron chi connectivity index (χ4n) is 6.24. The number of hydrogen-bond acceptors (Lipinski definition) is 15. The first kappa shape index (κ1) is 37.6. The Morgan fingerprint density at radius 2 is 1.71 bits per heavy atom. The molecule has 2 aliphatic rings. The van der Waals surface area contributed by atoms with E-state index < -0.39 is 20.8 Å². The molecule has 17 heteroatoms. The molecular formula is C35H51N11O5S. The van der Waals surface area contributed by atoms with Crippen molar-refractivity contribution in [1.29, 1.82) is 0 Å². The lowest BCUT2D eigenvalue weighted by atomic mass is 10.2. The molecule has 6 rings (SSSR count). The van der Waals surface area contributed by atoms with Gasteiger partial charge in [-0.05, 0) is 54.0 Å². The number of fused-ring (bicyclic) bond motifs is 1.